The quantitative estimate of drug-likeness (QED) is 0.862. The zero-order valence-corrected chi connectivity index (χ0v) is 9.81. The van der Waals surface area contributed by atoms with Crippen molar-refractivity contribution >= 4 is 0 Å². The zero-order valence-electron chi connectivity index (χ0n) is 9.81. The van der Waals surface area contributed by atoms with Crippen molar-refractivity contribution < 1.29 is 9.50 Å². The summed E-state index contributed by atoms with van der Waals surface area (Å²) in [7, 11) is 0. The lowest BCUT2D eigenvalue weighted by Gasteiger charge is -2.15. The minimum absolute atomic E-state index is 0.290. The molecule has 2 rings (SSSR count). The van der Waals surface area contributed by atoms with Crippen molar-refractivity contribution in [2.45, 2.75) is 20.0 Å². The van der Waals surface area contributed by atoms with Gasteiger partial charge in [-0.05, 0) is 48.7 Å². The minimum atomic E-state index is -0.760. The van der Waals surface area contributed by atoms with E-state index in [0.717, 1.165) is 16.7 Å². The molecule has 0 aliphatic carbocycles. The number of aromatic nitrogens is 1. The van der Waals surface area contributed by atoms with Crippen LogP contribution in [-0.2, 0) is 0 Å². The van der Waals surface area contributed by atoms with Crippen molar-refractivity contribution in [3.05, 3.63) is 64.7 Å². The van der Waals surface area contributed by atoms with Crippen LogP contribution < -0.4 is 0 Å². The lowest BCUT2D eigenvalue weighted by molar-refractivity contribution is 0.218. The number of aryl methyl sites for hydroxylation is 2. The van der Waals surface area contributed by atoms with Crippen LogP contribution in [0.25, 0.3) is 0 Å². The predicted molar refractivity (Wildman–Crippen MR) is 64.2 cm³/mol. The molecule has 0 amide bonds. The van der Waals surface area contributed by atoms with E-state index in [1.54, 1.807) is 25.4 Å². The van der Waals surface area contributed by atoms with Crippen molar-refractivity contribution in [2.75, 3.05) is 0 Å². The van der Waals surface area contributed by atoms with Crippen molar-refractivity contribution in [3.63, 3.8) is 0 Å². The van der Waals surface area contributed by atoms with Gasteiger partial charge in [0.15, 0.2) is 0 Å². The third kappa shape index (κ3) is 2.34. The van der Waals surface area contributed by atoms with Gasteiger partial charge in [0.1, 0.15) is 11.9 Å². The van der Waals surface area contributed by atoms with E-state index >= 15 is 0 Å². The lowest BCUT2D eigenvalue weighted by atomic mass is 9.96. The van der Waals surface area contributed by atoms with Gasteiger partial charge in [-0.25, -0.2) is 4.39 Å². The highest BCUT2D eigenvalue weighted by Gasteiger charge is 2.15. The number of aliphatic hydroxyl groups excluding tert-OH is 1. The first-order valence-electron chi connectivity index (χ1n) is 5.44. The smallest absolute Gasteiger partial charge is 0.123 e. The van der Waals surface area contributed by atoms with Crippen molar-refractivity contribution in [1.29, 1.82) is 0 Å². The average Bonchev–Trinajstić information content (AvgIpc) is 2.29. The van der Waals surface area contributed by atoms with Crippen LogP contribution in [0.4, 0.5) is 4.39 Å². The Balaban J connectivity index is 2.44. The topological polar surface area (TPSA) is 33.1 Å². The number of benzene rings is 1. The van der Waals surface area contributed by atoms with E-state index in [2.05, 4.69) is 4.98 Å². The van der Waals surface area contributed by atoms with Crippen LogP contribution in [-0.4, -0.2) is 10.1 Å². The summed E-state index contributed by atoms with van der Waals surface area (Å²) in [5.41, 5.74) is 3.17. The van der Waals surface area contributed by atoms with Crippen molar-refractivity contribution in [1.82, 2.24) is 4.98 Å². The standard InChI is InChI=1S/C14H14FNO/c1-9-5-6-16-8-13(9)14(17)12-4-3-11(15)7-10(12)2/h3-8,14,17H,1-2H3. The molecule has 0 aliphatic heterocycles. The van der Waals surface area contributed by atoms with Gasteiger partial charge in [0.25, 0.3) is 0 Å². The maximum Gasteiger partial charge on any atom is 0.123 e. The fourth-order valence-electron chi connectivity index (χ4n) is 1.88. The number of nitrogens with zero attached hydrogens (tertiary/aromatic N) is 1. The van der Waals surface area contributed by atoms with E-state index in [-0.39, 0.29) is 5.82 Å². The van der Waals surface area contributed by atoms with Gasteiger partial charge in [0, 0.05) is 18.0 Å². The predicted octanol–water partition coefficient (Wildman–Crippen LogP) is 2.92. The number of hydrogen-bond donors (Lipinski definition) is 1. The third-order valence-corrected chi connectivity index (χ3v) is 2.90. The second-order valence-electron chi connectivity index (χ2n) is 4.14. The molecular formula is C14H14FNO. The van der Waals surface area contributed by atoms with E-state index in [4.69, 9.17) is 0 Å². The molecule has 1 heterocycles. The average molecular weight is 231 g/mol. The number of hydrogen-bond acceptors (Lipinski definition) is 2. The van der Waals surface area contributed by atoms with Crippen molar-refractivity contribution in [2.24, 2.45) is 0 Å². The highest BCUT2D eigenvalue weighted by molar-refractivity contribution is 5.37. The minimum Gasteiger partial charge on any atom is -0.384 e. The maximum absolute atomic E-state index is 13.0. The summed E-state index contributed by atoms with van der Waals surface area (Å²) in [5, 5.41) is 10.3. The van der Waals surface area contributed by atoms with Crippen LogP contribution in [0.2, 0.25) is 0 Å². The Bertz CT molecular complexity index is 539. The Hall–Kier alpha value is -1.74. The van der Waals surface area contributed by atoms with Gasteiger partial charge in [-0.15, -0.1) is 0 Å². The van der Waals surface area contributed by atoms with Crippen LogP contribution in [0.3, 0.4) is 0 Å². The van der Waals surface area contributed by atoms with Gasteiger partial charge in [-0.3, -0.25) is 4.98 Å². The van der Waals surface area contributed by atoms with E-state index < -0.39 is 6.10 Å². The molecule has 1 atom stereocenters. The lowest BCUT2D eigenvalue weighted by Crippen LogP contribution is -2.04. The molecule has 0 aliphatic rings. The highest BCUT2D eigenvalue weighted by atomic mass is 19.1. The monoisotopic (exact) mass is 231 g/mol. The molecule has 0 saturated carbocycles. The normalized spacial score (nSPS) is 12.5. The molecule has 0 spiro atoms. The summed E-state index contributed by atoms with van der Waals surface area (Å²) in [4.78, 5) is 4.01. The first-order valence-corrected chi connectivity index (χ1v) is 5.44. The Morgan fingerprint density at radius 3 is 2.53 bits per heavy atom. The number of halogens is 1. The largest absolute Gasteiger partial charge is 0.384 e. The Morgan fingerprint density at radius 1 is 1.12 bits per heavy atom. The first-order chi connectivity index (χ1) is 8.09. The zero-order chi connectivity index (χ0) is 12.4. The highest BCUT2D eigenvalue weighted by Crippen LogP contribution is 2.26. The third-order valence-electron chi connectivity index (χ3n) is 2.90. The molecule has 2 aromatic rings. The van der Waals surface area contributed by atoms with Crippen LogP contribution in [0, 0.1) is 19.7 Å². The molecule has 1 aromatic carbocycles. The van der Waals surface area contributed by atoms with Gasteiger partial charge in [-0.2, -0.15) is 0 Å². The molecule has 0 radical (unpaired) electrons. The SMILES string of the molecule is Cc1cc(F)ccc1C(O)c1cnccc1C. The second kappa shape index (κ2) is 4.63. The summed E-state index contributed by atoms with van der Waals surface area (Å²) >= 11 is 0. The molecule has 88 valence electrons. The van der Waals surface area contributed by atoms with Gasteiger partial charge in [0.05, 0.1) is 0 Å². The Labute approximate surface area is 99.8 Å². The van der Waals surface area contributed by atoms with E-state index in [1.165, 1.54) is 12.1 Å². The summed E-state index contributed by atoms with van der Waals surface area (Å²) in [5.74, 6) is -0.290. The summed E-state index contributed by atoms with van der Waals surface area (Å²) < 4.78 is 13.0. The molecule has 1 aromatic heterocycles. The molecule has 3 heteroatoms. The molecule has 1 N–H and O–H groups in total. The van der Waals surface area contributed by atoms with Crippen LogP contribution in [0.5, 0.6) is 0 Å². The number of aliphatic hydroxyl groups is 1. The molecule has 0 fully saturated rings. The molecular weight excluding hydrogens is 217 g/mol. The van der Waals surface area contributed by atoms with Crippen molar-refractivity contribution in [3.8, 4) is 0 Å². The number of pyridine rings is 1. The van der Waals surface area contributed by atoms with E-state index in [0.29, 0.717) is 5.56 Å². The summed E-state index contributed by atoms with van der Waals surface area (Å²) in [6.07, 6.45) is 2.57. The summed E-state index contributed by atoms with van der Waals surface area (Å²) in [6.45, 7) is 3.70. The first kappa shape index (κ1) is 11.7. The van der Waals surface area contributed by atoms with Gasteiger partial charge in [-0.1, -0.05) is 6.07 Å². The molecule has 1 unspecified atom stereocenters. The Morgan fingerprint density at radius 2 is 1.88 bits per heavy atom. The molecule has 0 bridgehead atoms. The summed E-state index contributed by atoms with van der Waals surface area (Å²) in [6, 6.07) is 6.24. The molecule has 2 nitrogen and oxygen atoms in total. The fraction of sp³-hybridized carbons (Fsp3) is 0.214. The molecule has 17 heavy (non-hydrogen) atoms. The second-order valence-corrected chi connectivity index (χ2v) is 4.14. The van der Waals surface area contributed by atoms with Gasteiger partial charge in [0.2, 0.25) is 0 Å². The van der Waals surface area contributed by atoms with Gasteiger partial charge >= 0.3 is 0 Å². The molecule has 0 saturated heterocycles. The fourth-order valence-corrected chi connectivity index (χ4v) is 1.88. The van der Waals surface area contributed by atoms with Crippen LogP contribution in [0.1, 0.15) is 28.4 Å². The Kier molecular flexibility index (Phi) is 3.20. The van der Waals surface area contributed by atoms with Crippen LogP contribution >= 0.6 is 0 Å². The van der Waals surface area contributed by atoms with Gasteiger partial charge < -0.3 is 5.11 Å². The van der Waals surface area contributed by atoms with E-state index in [9.17, 15) is 9.50 Å². The van der Waals surface area contributed by atoms with E-state index in [1.807, 2.05) is 13.0 Å². The number of rotatable bonds is 2. The maximum atomic E-state index is 13.0. The van der Waals surface area contributed by atoms with Crippen LogP contribution in [0.15, 0.2) is 36.7 Å².